The minimum atomic E-state index is -1.31. The summed E-state index contributed by atoms with van der Waals surface area (Å²) in [7, 11) is 1.32. The maximum atomic E-state index is 12.8. The largest absolute Gasteiger partial charge is 1.00 e. The molecule has 34 heavy (non-hydrogen) atoms. The molecule has 0 spiro atoms. The Morgan fingerprint density at radius 3 is 2.88 bits per heavy atom. The van der Waals surface area contributed by atoms with Crippen molar-refractivity contribution in [2.45, 2.75) is 11.4 Å². The summed E-state index contributed by atoms with van der Waals surface area (Å²) in [6.07, 6.45) is 1.40. The van der Waals surface area contributed by atoms with E-state index in [1.54, 1.807) is 22.4 Å². The van der Waals surface area contributed by atoms with Gasteiger partial charge in [-0.2, -0.15) is 0 Å². The van der Waals surface area contributed by atoms with Gasteiger partial charge in [0.25, 0.3) is 11.0 Å². The van der Waals surface area contributed by atoms with Gasteiger partial charge in [-0.15, -0.1) is 23.1 Å². The fourth-order valence-electron chi connectivity index (χ4n) is 3.40. The van der Waals surface area contributed by atoms with E-state index in [9.17, 15) is 19.5 Å². The van der Waals surface area contributed by atoms with E-state index in [4.69, 9.17) is 15.0 Å². The summed E-state index contributed by atoms with van der Waals surface area (Å²) in [5.74, 6) is -1.02. The second-order valence-corrected chi connectivity index (χ2v) is 9.86. The van der Waals surface area contributed by atoms with Crippen LogP contribution in [0.3, 0.4) is 0 Å². The maximum absolute atomic E-state index is 12.8. The average molecular weight is 532 g/mol. The van der Waals surface area contributed by atoms with Gasteiger partial charge < -0.3 is 35.1 Å². The van der Waals surface area contributed by atoms with Crippen molar-refractivity contribution in [3.63, 3.8) is 0 Å². The van der Waals surface area contributed by atoms with Crippen LogP contribution in [-0.4, -0.2) is 69.2 Å². The van der Waals surface area contributed by atoms with Gasteiger partial charge in [0, 0.05) is 23.4 Å². The zero-order valence-electron chi connectivity index (χ0n) is 18.2. The van der Waals surface area contributed by atoms with Gasteiger partial charge in [-0.3, -0.25) is 9.59 Å². The number of oxime groups is 1. The van der Waals surface area contributed by atoms with Gasteiger partial charge >= 0.3 is 29.6 Å². The van der Waals surface area contributed by atoms with Gasteiger partial charge in [0.05, 0.1) is 29.3 Å². The first kappa shape index (κ1) is 26.6. The Hall–Kier alpha value is -1.97. The zero-order chi connectivity index (χ0) is 23.5. The molecule has 174 valence electrons. The number of nitrogens with two attached hydrogens (primary N) is 1. The van der Waals surface area contributed by atoms with Gasteiger partial charge in [-0.05, 0) is 17.7 Å². The number of nitrogen functional groups attached to an aromatic ring is 1. The number of carboxylic acids is 1. The molecule has 11 nitrogen and oxygen atoms in total. The zero-order valence-corrected chi connectivity index (χ0v) is 22.6. The molecule has 3 N–H and O–H groups in total. The SMILES string of the molecule is CO/N=C(/C(=O)NC1CN2C(C(=O)[O-])=C(CSC(=O)c3ccco3)CSC12)c1csc(N)n1.[Na+]. The van der Waals surface area contributed by atoms with Crippen LogP contribution in [0.4, 0.5) is 5.13 Å². The number of thioether (sulfide) groups is 2. The third-order valence-electron chi connectivity index (χ3n) is 4.87. The molecule has 4 heterocycles. The second-order valence-electron chi connectivity index (χ2n) is 6.92. The smallest absolute Gasteiger partial charge is 0.543 e. The van der Waals surface area contributed by atoms with E-state index in [-0.39, 0.29) is 75.6 Å². The Morgan fingerprint density at radius 1 is 1.47 bits per heavy atom. The number of carbonyl (C=O) groups excluding carboxylic acids is 3. The number of thiazole rings is 1. The molecule has 15 heteroatoms. The number of nitrogens with one attached hydrogen (secondary N) is 1. The van der Waals surface area contributed by atoms with E-state index in [1.807, 2.05) is 0 Å². The molecule has 1 fully saturated rings. The van der Waals surface area contributed by atoms with Crippen molar-refractivity contribution in [2.24, 2.45) is 5.16 Å². The summed E-state index contributed by atoms with van der Waals surface area (Å²) in [5, 5.41) is 19.8. The number of hydrogen-bond acceptors (Lipinski definition) is 13. The first-order valence-electron chi connectivity index (χ1n) is 9.54. The number of anilines is 1. The molecule has 2 atom stereocenters. The number of rotatable bonds is 8. The average Bonchev–Trinajstić information content (AvgIpc) is 3.45. The Labute approximate surface area is 228 Å². The number of aromatic nitrogens is 1. The summed E-state index contributed by atoms with van der Waals surface area (Å²) in [5.41, 5.74) is 6.56. The van der Waals surface area contributed by atoms with Crippen molar-refractivity contribution in [1.29, 1.82) is 0 Å². The number of furan rings is 1. The number of carboxylic acid groups (broad SMARTS) is 1. The number of aliphatic carboxylic acids is 1. The van der Waals surface area contributed by atoms with Crippen molar-refractivity contribution in [2.75, 3.05) is 30.9 Å². The summed E-state index contributed by atoms with van der Waals surface area (Å²) in [4.78, 5) is 47.3. The van der Waals surface area contributed by atoms with Gasteiger partial charge in [0.2, 0.25) is 0 Å². The van der Waals surface area contributed by atoms with Crippen LogP contribution in [0.15, 0.2) is 44.6 Å². The molecule has 0 aromatic carbocycles. The van der Waals surface area contributed by atoms with Crippen LogP contribution in [-0.2, 0) is 14.4 Å². The topological polar surface area (TPSA) is 163 Å². The summed E-state index contributed by atoms with van der Waals surface area (Å²) in [6, 6.07) is 2.84. The first-order chi connectivity index (χ1) is 15.9. The predicted molar refractivity (Wildman–Crippen MR) is 122 cm³/mol. The molecule has 1 saturated heterocycles. The first-order valence-corrected chi connectivity index (χ1v) is 12.5. The van der Waals surface area contributed by atoms with Crippen molar-refractivity contribution in [3.8, 4) is 0 Å². The van der Waals surface area contributed by atoms with Gasteiger partial charge in [0.15, 0.2) is 16.6 Å². The Bertz CT molecular complexity index is 1140. The number of nitrogens with zero attached hydrogens (tertiary/aromatic N) is 3. The van der Waals surface area contributed by atoms with Crippen LogP contribution in [0.1, 0.15) is 16.2 Å². The van der Waals surface area contributed by atoms with Crippen molar-refractivity contribution < 1.29 is 58.3 Å². The van der Waals surface area contributed by atoms with Gasteiger partial charge in [-0.25, -0.2) is 4.98 Å². The molecule has 2 aliphatic heterocycles. The van der Waals surface area contributed by atoms with Crippen molar-refractivity contribution in [3.05, 3.63) is 46.5 Å². The molecule has 0 saturated carbocycles. The molecule has 1 amide bonds. The van der Waals surface area contributed by atoms with Crippen molar-refractivity contribution in [1.82, 2.24) is 15.2 Å². The number of carbonyl (C=O) groups is 3. The number of amides is 1. The quantitative estimate of drug-likeness (QED) is 0.204. The Balaban J connectivity index is 0.00000324. The molecule has 4 rings (SSSR count). The second kappa shape index (κ2) is 11.6. The van der Waals surface area contributed by atoms with E-state index in [2.05, 4.69) is 15.5 Å². The van der Waals surface area contributed by atoms with E-state index >= 15 is 0 Å². The maximum Gasteiger partial charge on any atom is 1.00 e. The predicted octanol–water partition coefficient (Wildman–Crippen LogP) is -2.88. The molecule has 2 unspecified atom stereocenters. The monoisotopic (exact) mass is 531 g/mol. The molecule has 2 aromatic rings. The van der Waals surface area contributed by atoms with Crippen LogP contribution >= 0.6 is 34.9 Å². The Morgan fingerprint density at radius 2 is 2.26 bits per heavy atom. The van der Waals surface area contributed by atoms with E-state index in [0.717, 1.165) is 11.8 Å². The fraction of sp³-hybridized carbons (Fsp3) is 0.316. The molecule has 0 aliphatic carbocycles. The van der Waals surface area contributed by atoms with Crippen LogP contribution in [0.25, 0.3) is 0 Å². The summed E-state index contributed by atoms with van der Waals surface area (Å²) >= 11 is 3.62. The fourth-order valence-corrected chi connectivity index (χ4v) is 6.25. The number of fused-ring (bicyclic) bond motifs is 1. The van der Waals surface area contributed by atoms with E-state index in [1.165, 1.54) is 36.5 Å². The molecule has 0 radical (unpaired) electrons. The molecule has 2 aliphatic rings. The summed E-state index contributed by atoms with van der Waals surface area (Å²) < 4.78 is 5.08. The molecular weight excluding hydrogens is 513 g/mol. The minimum Gasteiger partial charge on any atom is -0.543 e. The standard InChI is InChI=1S/C19H19N5O6S3.Na/c1-29-23-13(11-8-33-19(20)22-11)15(25)21-10-5-24-14(17(26)27)9(6-31-16(10)24)7-32-18(28)12-3-2-4-30-12;/h2-4,8,10,16H,5-7H2,1H3,(H2,20,22)(H,21,25)(H,26,27);/q;+1/p-1/b23-13+;. The van der Waals surface area contributed by atoms with Gasteiger partial charge in [0.1, 0.15) is 12.8 Å². The van der Waals surface area contributed by atoms with Crippen molar-refractivity contribution >= 4 is 62.7 Å². The third-order valence-corrected chi connectivity index (χ3v) is 7.94. The summed E-state index contributed by atoms with van der Waals surface area (Å²) in [6.45, 7) is 0.270. The minimum absolute atomic E-state index is 0. The van der Waals surface area contributed by atoms with Crippen LogP contribution in [0.5, 0.6) is 0 Å². The molecular formula is C19H18N5NaO6S3. The number of hydrogen-bond donors (Lipinski definition) is 2. The molecule has 2 aromatic heterocycles. The molecule has 0 bridgehead atoms. The third kappa shape index (κ3) is 5.63. The van der Waals surface area contributed by atoms with E-state index < -0.39 is 11.9 Å². The van der Waals surface area contributed by atoms with Crippen LogP contribution in [0, 0.1) is 0 Å². The van der Waals surface area contributed by atoms with Crippen LogP contribution in [0.2, 0.25) is 0 Å². The Kier molecular flexibility index (Phi) is 9.12. The van der Waals surface area contributed by atoms with Crippen LogP contribution < -0.4 is 45.7 Å². The normalized spacial score (nSPS) is 19.6. The van der Waals surface area contributed by atoms with E-state index in [0.29, 0.717) is 22.2 Å². The van der Waals surface area contributed by atoms with Gasteiger partial charge in [-0.1, -0.05) is 16.9 Å².